The second-order valence-electron chi connectivity index (χ2n) is 5.24. The van der Waals surface area contributed by atoms with E-state index in [2.05, 4.69) is 5.32 Å². The van der Waals surface area contributed by atoms with Crippen LogP contribution in [0.5, 0.6) is 0 Å². The van der Waals surface area contributed by atoms with Crippen LogP contribution in [0, 0.1) is 5.92 Å². The Balaban J connectivity index is 1.74. The van der Waals surface area contributed by atoms with Crippen LogP contribution in [0.1, 0.15) is 44.9 Å². The fourth-order valence-electron chi connectivity index (χ4n) is 3.61. The molecule has 0 bridgehead atoms. The SMILES string of the molecule is C1CCC(C2NCCOC23CCC3)C1. The van der Waals surface area contributed by atoms with E-state index in [1.165, 1.54) is 44.9 Å². The molecule has 0 radical (unpaired) electrons. The Morgan fingerprint density at radius 1 is 1.07 bits per heavy atom. The lowest BCUT2D eigenvalue weighted by Gasteiger charge is -2.52. The Kier molecular flexibility index (Phi) is 2.29. The number of ether oxygens (including phenoxy) is 1. The molecule has 0 amide bonds. The Hall–Kier alpha value is -0.0800. The average Bonchev–Trinajstić information content (AvgIpc) is 2.68. The largest absolute Gasteiger partial charge is 0.372 e. The van der Waals surface area contributed by atoms with Gasteiger partial charge < -0.3 is 10.1 Å². The van der Waals surface area contributed by atoms with Gasteiger partial charge in [0.05, 0.1) is 12.2 Å². The molecule has 2 heteroatoms. The zero-order valence-corrected chi connectivity index (χ0v) is 8.93. The van der Waals surface area contributed by atoms with Crippen molar-refractivity contribution in [3.8, 4) is 0 Å². The zero-order valence-electron chi connectivity index (χ0n) is 8.93. The van der Waals surface area contributed by atoms with Crippen LogP contribution < -0.4 is 5.32 Å². The highest BCUT2D eigenvalue weighted by Gasteiger charge is 2.49. The molecule has 1 aliphatic heterocycles. The van der Waals surface area contributed by atoms with E-state index in [-0.39, 0.29) is 5.60 Å². The molecule has 0 aromatic carbocycles. The average molecular weight is 195 g/mol. The van der Waals surface area contributed by atoms with Crippen LogP contribution in [0.15, 0.2) is 0 Å². The molecule has 3 rings (SSSR count). The number of morpholine rings is 1. The third-order valence-corrected chi connectivity index (χ3v) is 4.49. The van der Waals surface area contributed by atoms with Crippen LogP contribution in [-0.2, 0) is 4.74 Å². The van der Waals surface area contributed by atoms with Gasteiger partial charge >= 0.3 is 0 Å². The van der Waals surface area contributed by atoms with Gasteiger partial charge in [0.15, 0.2) is 0 Å². The molecule has 3 aliphatic rings. The molecule has 2 aliphatic carbocycles. The summed E-state index contributed by atoms with van der Waals surface area (Å²) in [6.07, 6.45) is 9.75. The predicted octanol–water partition coefficient (Wildman–Crippen LogP) is 2.09. The van der Waals surface area contributed by atoms with Crippen LogP contribution in [0.3, 0.4) is 0 Å². The second-order valence-corrected chi connectivity index (χ2v) is 5.24. The number of hydrogen-bond donors (Lipinski definition) is 1. The van der Waals surface area contributed by atoms with Crippen molar-refractivity contribution in [3.05, 3.63) is 0 Å². The van der Waals surface area contributed by atoms with E-state index in [4.69, 9.17) is 4.74 Å². The predicted molar refractivity (Wildman–Crippen MR) is 56.3 cm³/mol. The maximum absolute atomic E-state index is 6.06. The summed E-state index contributed by atoms with van der Waals surface area (Å²) in [5.41, 5.74) is 0.271. The monoisotopic (exact) mass is 195 g/mol. The molecule has 2 saturated carbocycles. The van der Waals surface area contributed by atoms with Crippen LogP contribution in [0.2, 0.25) is 0 Å². The van der Waals surface area contributed by atoms with Gasteiger partial charge in [-0.3, -0.25) is 0 Å². The topological polar surface area (TPSA) is 21.3 Å². The quantitative estimate of drug-likeness (QED) is 0.691. The maximum atomic E-state index is 6.06. The van der Waals surface area contributed by atoms with E-state index in [9.17, 15) is 0 Å². The normalized spacial score (nSPS) is 37.3. The van der Waals surface area contributed by atoms with E-state index in [1.54, 1.807) is 0 Å². The molecule has 80 valence electrons. The molecule has 1 saturated heterocycles. The van der Waals surface area contributed by atoms with Crippen LogP contribution in [-0.4, -0.2) is 24.8 Å². The van der Waals surface area contributed by atoms with E-state index in [1.807, 2.05) is 0 Å². The third-order valence-electron chi connectivity index (χ3n) is 4.49. The van der Waals surface area contributed by atoms with Gasteiger partial charge in [-0.2, -0.15) is 0 Å². The lowest BCUT2D eigenvalue weighted by atomic mass is 9.69. The van der Waals surface area contributed by atoms with Crippen molar-refractivity contribution < 1.29 is 4.74 Å². The first-order valence-corrected chi connectivity index (χ1v) is 6.28. The van der Waals surface area contributed by atoms with Crippen molar-refractivity contribution in [2.45, 2.75) is 56.6 Å². The highest BCUT2D eigenvalue weighted by Crippen LogP contribution is 2.45. The molecule has 1 atom stereocenters. The summed E-state index contributed by atoms with van der Waals surface area (Å²) >= 11 is 0. The van der Waals surface area contributed by atoms with E-state index in [0.717, 1.165) is 19.1 Å². The lowest BCUT2D eigenvalue weighted by molar-refractivity contribution is -0.155. The van der Waals surface area contributed by atoms with Crippen molar-refractivity contribution >= 4 is 0 Å². The minimum Gasteiger partial charge on any atom is -0.372 e. The highest BCUT2D eigenvalue weighted by molar-refractivity contribution is 5.05. The van der Waals surface area contributed by atoms with Crippen LogP contribution in [0.4, 0.5) is 0 Å². The Morgan fingerprint density at radius 3 is 2.50 bits per heavy atom. The van der Waals surface area contributed by atoms with Gasteiger partial charge in [0.25, 0.3) is 0 Å². The van der Waals surface area contributed by atoms with Gasteiger partial charge in [-0.1, -0.05) is 12.8 Å². The fourth-order valence-corrected chi connectivity index (χ4v) is 3.61. The van der Waals surface area contributed by atoms with Gasteiger partial charge in [-0.25, -0.2) is 0 Å². The Bertz CT molecular complexity index is 206. The summed E-state index contributed by atoms with van der Waals surface area (Å²) in [7, 11) is 0. The van der Waals surface area contributed by atoms with Crippen LogP contribution >= 0.6 is 0 Å². The summed E-state index contributed by atoms with van der Waals surface area (Å²) in [5, 5.41) is 3.73. The number of nitrogens with one attached hydrogen (secondary N) is 1. The van der Waals surface area contributed by atoms with Crippen molar-refractivity contribution in [1.29, 1.82) is 0 Å². The summed E-state index contributed by atoms with van der Waals surface area (Å²) in [4.78, 5) is 0. The molecular weight excluding hydrogens is 174 g/mol. The first-order valence-electron chi connectivity index (χ1n) is 6.28. The lowest BCUT2D eigenvalue weighted by Crippen LogP contribution is -2.63. The number of hydrogen-bond acceptors (Lipinski definition) is 2. The Labute approximate surface area is 86.4 Å². The van der Waals surface area contributed by atoms with E-state index < -0.39 is 0 Å². The van der Waals surface area contributed by atoms with E-state index in [0.29, 0.717) is 6.04 Å². The summed E-state index contributed by atoms with van der Waals surface area (Å²) in [5.74, 6) is 0.913. The van der Waals surface area contributed by atoms with Crippen molar-refractivity contribution in [2.75, 3.05) is 13.2 Å². The van der Waals surface area contributed by atoms with Crippen molar-refractivity contribution in [1.82, 2.24) is 5.32 Å². The molecule has 1 spiro atoms. The molecule has 1 unspecified atom stereocenters. The fraction of sp³-hybridized carbons (Fsp3) is 1.00. The molecule has 1 heterocycles. The summed E-state index contributed by atoms with van der Waals surface area (Å²) in [6, 6.07) is 0.688. The zero-order chi connectivity index (χ0) is 9.43. The molecule has 2 nitrogen and oxygen atoms in total. The third kappa shape index (κ3) is 1.31. The van der Waals surface area contributed by atoms with Crippen molar-refractivity contribution in [2.24, 2.45) is 5.92 Å². The summed E-state index contributed by atoms with van der Waals surface area (Å²) < 4.78 is 6.06. The van der Waals surface area contributed by atoms with Gasteiger partial charge in [0, 0.05) is 12.6 Å². The van der Waals surface area contributed by atoms with Gasteiger partial charge in [0.2, 0.25) is 0 Å². The first kappa shape index (κ1) is 9.17. The maximum Gasteiger partial charge on any atom is 0.0838 e. The minimum absolute atomic E-state index is 0.271. The smallest absolute Gasteiger partial charge is 0.0838 e. The first-order chi connectivity index (χ1) is 6.91. The highest BCUT2D eigenvalue weighted by atomic mass is 16.5. The van der Waals surface area contributed by atoms with Gasteiger partial charge in [-0.05, 0) is 38.0 Å². The second kappa shape index (κ2) is 3.49. The molecule has 0 aromatic heterocycles. The Morgan fingerprint density at radius 2 is 1.86 bits per heavy atom. The molecule has 3 fully saturated rings. The molecule has 1 N–H and O–H groups in total. The molecular formula is C12H21NO. The number of rotatable bonds is 1. The van der Waals surface area contributed by atoms with Crippen LogP contribution in [0.25, 0.3) is 0 Å². The van der Waals surface area contributed by atoms with Gasteiger partial charge in [-0.15, -0.1) is 0 Å². The molecule has 14 heavy (non-hydrogen) atoms. The molecule has 0 aromatic rings. The van der Waals surface area contributed by atoms with Crippen molar-refractivity contribution in [3.63, 3.8) is 0 Å². The minimum atomic E-state index is 0.271. The van der Waals surface area contributed by atoms with Gasteiger partial charge in [0.1, 0.15) is 0 Å². The summed E-state index contributed by atoms with van der Waals surface area (Å²) in [6.45, 7) is 2.01. The standard InChI is InChI=1S/C12H21NO/c1-2-5-10(4-1)11-12(6-3-7-12)14-9-8-13-11/h10-11,13H,1-9H2. The van der Waals surface area contributed by atoms with E-state index >= 15 is 0 Å².